The minimum atomic E-state index is -1.39. The number of hydrogen-bond donors (Lipinski definition) is 8. The SMILES string of the molecule is C=CC(=O)NC(CC)c1ccccc1.CC(=O)c1c[nH]c2ccc(F)cc12.CC(C)(C)c1c[nH]c2ccc(F)cc12.CCCc1cc(F)c(F)c(F)c1.CCc1c(C)[nH]c2cc(Cl)c(Cl)cc12.CCc1c(C)[nH]c2ccc(Cl)cc12.CCc1c(C)[nH]c2ccc(F)cc12.CCc1c[nH]c2c(F)cc(F)cc12.CCc1c[nH]c2cc(Cl)c(Cl)cc12.CCc1cn(C)c2ccc(F)cc12. The van der Waals surface area contributed by atoms with Crippen LogP contribution in [0.1, 0.15) is 179 Å². The summed E-state index contributed by atoms with van der Waals surface area (Å²) < 4.78 is 117. The molecule has 0 saturated carbocycles. The second kappa shape index (κ2) is 48.0. The van der Waals surface area contributed by atoms with E-state index in [1.807, 2.05) is 131 Å². The van der Waals surface area contributed by atoms with Gasteiger partial charge in [0.25, 0.3) is 0 Å². The van der Waals surface area contributed by atoms with Gasteiger partial charge in [0, 0.05) is 153 Å². The summed E-state index contributed by atoms with van der Waals surface area (Å²) in [6.45, 7) is 33.9. The second-order valence-electron chi connectivity index (χ2n) is 32.5. The van der Waals surface area contributed by atoms with Crippen LogP contribution in [0.5, 0.6) is 0 Å². The third kappa shape index (κ3) is 26.8. The van der Waals surface area contributed by atoms with E-state index in [9.17, 15) is 49.1 Å². The molecule has 10 aromatic carbocycles. The lowest BCUT2D eigenvalue weighted by Gasteiger charge is -2.17. The van der Waals surface area contributed by atoms with Crippen molar-refractivity contribution in [2.75, 3.05) is 0 Å². The summed E-state index contributed by atoms with van der Waals surface area (Å²) in [7, 11) is 1.99. The Morgan fingerprint density at radius 2 is 0.886 bits per heavy atom. The van der Waals surface area contributed by atoms with Crippen molar-refractivity contribution in [1.29, 1.82) is 0 Å². The molecule has 1 unspecified atom stereocenters. The highest BCUT2D eigenvalue weighted by molar-refractivity contribution is 6.43. The van der Waals surface area contributed by atoms with Gasteiger partial charge in [0.05, 0.1) is 31.6 Å². The van der Waals surface area contributed by atoms with Gasteiger partial charge in [0.15, 0.2) is 23.2 Å². The number of hydrogen-bond acceptors (Lipinski definition) is 2. The standard InChI is InChI=1S/C12H14FN.C12H15NO.C11H11Cl2N.C11H12ClN.2C11H12FN.C10H9Cl2N.C10H9F2N.C10H8FNO.C9H9F3/c1-12(2,3)10-7-14-11-5-4-8(13)6-9(10)11;1-3-11(13-12(14)4-2)10-8-6-5-7-9-10;1-3-7-6(2)14-11-5-10(13)9(12)4-8(7)11;1-3-9-7(2)13-11-5-4-8(12)6-10(9)11;1-3-8-7-13(2)11-5-4-9(12)6-10(8)11;1-3-9-7(2)13-11-5-4-8(12)6-10(9)11;1-2-6-5-13-10-4-9(12)8(11)3-7(6)10;1-2-6-5-13-10-8(6)3-7(11)4-9(10)12;1-6(13)9-5-12-10-3-2-7(11)4-8(9)10;1-2-3-6-4-7(10)9(12)8(11)5-6/h4-7,14H,1-3H3;4-9,11H,2-3H2,1H3,(H,13,14);4-5,14H,3H2,1-2H3;4-6,13H,3H2,1-2H3;4-7H,3H2,1-2H3;4-6,13H,3H2,1-2H3;2*3-5,13H,2H2,1H3;2-5,12H,1H3;4-5H,2-3H2,1H3. The average molecular weight is 1900 g/mol. The van der Waals surface area contributed by atoms with E-state index < -0.39 is 29.1 Å². The number of Topliss-reactive ketones (excluding diaryl/α,β-unsaturated/α-hetero) is 1. The molecule has 18 rings (SSSR count). The highest BCUT2D eigenvalue weighted by Crippen LogP contribution is 2.35. The smallest absolute Gasteiger partial charge is 0.243 e. The fourth-order valence-corrected chi connectivity index (χ4v) is 16.5. The summed E-state index contributed by atoms with van der Waals surface area (Å²) in [5.74, 6) is -5.69. The number of amides is 1. The minimum absolute atomic E-state index is 0.0477. The number of fused-ring (bicyclic) bond motifs is 8. The maximum atomic E-state index is 13.1. The molecule has 8 heterocycles. The number of rotatable bonds is 13. The lowest BCUT2D eigenvalue weighted by molar-refractivity contribution is -0.117. The van der Waals surface area contributed by atoms with E-state index in [1.165, 1.54) is 105 Å². The van der Waals surface area contributed by atoms with Crippen LogP contribution in [0.25, 0.3) is 87.2 Å². The molecule has 25 heteroatoms. The number of aromatic amines is 7. The number of carbonyl (C=O) groups excluding carboxylic acids is 2. The van der Waals surface area contributed by atoms with Crippen LogP contribution in [0.2, 0.25) is 25.1 Å². The fourth-order valence-electron chi connectivity index (χ4n) is 15.6. The largest absolute Gasteiger partial charge is 0.361 e. The molecule has 0 bridgehead atoms. The van der Waals surface area contributed by atoms with Crippen LogP contribution in [0.15, 0.2) is 213 Å². The molecule has 1 atom stereocenters. The van der Waals surface area contributed by atoms with E-state index in [-0.39, 0.29) is 46.4 Å². The van der Waals surface area contributed by atoms with Gasteiger partial charge in [-0.3, -0.25) is 9.59 Å². The highest BCUT2D eigenvalue weighted by Gasteiger charge is 2.20. The third-order valence-electron chi connectivity index (χ3n) is 22.3. The highest BCUT2D eigenvalue weighted by atomic mass is 35.5. The number of nitrogens with one attached hydrogen (secondary N) is 8. The summed E-state index contributed by atoms with van der Waals surface area (Å²) in [6, 6.07) is 46.9. The molecule has 0 aliphatic carbocycles. The molecule has 0 aliphatic rings. The van der Waals surface area contributed by atoms with Gasteiger partial charge in [0.1, 0.15) is 34.9 Å². The lowest BCUT2D eigenvalue weighted by Crippen LogP contribution is -2.26. The van der Waals surface area contributed by atoms with Crippen LogP contribution in [0.4, 0.5) is 39.5 Å². The van der Waals surface area contributed by atoms with Crippen molar-refractivity contribution in [2.24, 2.45) is 7.05 Å². The fraction of sp³-hybridized carbons (Fsp3) is 0.252. The molecule has 18 aromatic rings. The van der Waals surface area contributed by atoms with Crippen molar-refractivity contribution >= 4 is 157 Å². The molecule has 8 N–H and O–H groups in total. The molecule has 1 amide bonds. The van der Waals surface area contributed by atoms with Gasteiger partial charge in [-0.15, -0.1) is 0 Å². The quantitative estimate of drug-likeness (QED) is 0.0250. The van der Waals surface area contributed by atoms with E-state index in [0.717, 1.165) is 152 Å². The number of aryl methyl sites for hydroxylation is 11. The number of halogens is 14. The predicted molar refractivity (Wildman–Crippen MR) is 533 cm³/mol. The Labute approximate surface area is 789 Å². The van der Waals surface area contributed by atoms with Gasteiger partial charge < -0.3 is 44.8 Å². The third-order valence-corrected chi connectivity index (χ3v) is 24.0. The average Bonchev–Trinajstić information content (AvgIpc) is 1.64. The monoisotopic (exact) mass is 1900 g/mol. The maximum absolute atomic E-state index is 13.1. The number of H-pyrrole nitrogens is 7. The van der Waals surface area contributed by atoms with Crippen molar-refractivity contribution < 1.29 is 49.1 Å². The molecule has 11 nitrogen and oxygen atoms in total. The van der Waals surface area contributed by atoms with E-state index in [0.29, 0.717) is 53.9 Å². The number of benzene rings is 10. The summed E-state index contributed by atoms with van der Waals surface area (Å²) in [5.41, 5.74) is 21.9. The summed E-state index contributed by atoms with van der Waals surface area (Å²) in [4.78, 5) is 44.1. The van der Waals surface area contributed by atoms with Gasteiger partial charge in [-0.1, -0.05) is 177 Å². The van der Waals surface area contributed by atoms with E-state index in [1.54, 1.807) is 48.8 Å². The molecule has 0 saturated heterocycles. The Bertz CT molecular complexity index is 6860. The van der Waals surface area contributed by atoms with E-state index in [4.69, 9.17) is 58.0 Å². The van der Waals surface area contributed by atoms with Gasteiger partial charge in [-0.25, -0.2) is 39.5 Å². The van der Waals surface area contributed by atoms with E-state index in [2.05, 4.69) is 122 Å². The van der Waals surface area contributed by atoms with Crippen molar-refractivity contribution in [2.45, 2.75) is 173 Å². The number of carbonyl (C=O) groups is 2. The Balaban J connectivity index is 0.000000165. The molecule has 694 valence electrons. The summed E-state index contributed by atoms with van der Waals surface area (Å²) in [6.07, 6.45) is 18.6. The van der Waals surface area contributed by atoms with Crippen LogP contribution >= 0.6 is 58.0 Å². The Hall–Kier alpha value is -11.8. The van der Waals surface area contributed by atoms with Gasteiger partial charge in [-0.2, -0.15) is 0 Å². The number of nitrogens with zero attached hydrogens (tertiary/aromatic N) is 1. The van der Waals surface area contributed by atoms with Crippen molar-refractivity contribution in [3.05, 3.63) is 364 Å². The first kappa shape index (κ1) is 104. The summed E-state index contributed by atoms with van der Waals surface area (Å²) >= 11 is 29.7. The topological polar surface area (TPSA) is 162 Å². The molecule has 8 aromatic heterocycles. The van der Waals surface area contributed by atoms with E-state index >= 15 is 0 Å². The Morgan fingerprint density at radius 1 is 0.439 bits per heavy atom. The maximum Gasteiger partial charge on any atom is 0.243 e. The zero-order chi connectivity index (χ0) is 96.7. The van der Waals surface area contributed by atoms with Crippen molar-refractivity contribution in [1.82, 2.24) is 44.8 Å². The van der Waals surface area contributed by atoms with Crippen LogP contribution in [-0.2, 0) is 62.2 Å². The summed E-state index contributed by atoms with van der Waals surface area (Å²) in [5, 5.41) is 14.0. The Kier molecular flexibility index (Phi) is 37.8. The molecular weight excluding hydrogens is 1790 g/mol. The second-order valence-corrected chi connectivity index (χ2v) is 34.5. The first-order valence-electron chi connectivity index (χ1n) is 43.6. The molecule has 132 heavy (non-hydrogen) atoms. The van der Waals surface area contributed by atoms with Crippen molar-refractivity contribution in [3.8, 4) is 0 Å². The molecule has 0 radical (unpaired) electrons. The zero-order valence-corrected chi connectivity index (χ0v) is 80.6. The van der Waals surface area contributed by atoms with Gasteiger partial charge in [0.2, 0.25) is 5.91 Å². The predicted octanol–water partition coefficient (Wildman–Crippen LogP) is 32.8. The first-order chi connectivity index (χ1) is 62.8. The molecule has 0 aliphatic heterocycles. The number of aromatic nitrogens is 8. The molecule has 0 fully saturated rings. The normalized spacial score (nSPS) is 11.1. The van der Waals surface area contributed by atoms with Crippen LogP contribution in [-0.4, -0.2) is 51.1 Å². The van der Waals surface area contributed by atoms with Gasteiger partial charge >= 0.3 is 0 Å². The Morgan fingerprint density at radius 3 is 1.42 bits per heavy atom. The first-order valence-corrected chi connectivity index (χ1v) is 45.5. The van der Waals surface area contributed by atoms with Gasteiger partial charge in [-0.05, 0) is 274 Å². The minimum Gasteiger partial charge on any atom is -0.361 e. The molecule has 0 spiro atoms. The van der Waals surface area contributed by atoms with Crippen LogP contribution < -0.4 is 5.32 Å². The lowest BCUT2D eigenvalue weighted by atomic mass is 9.87. The number of ketones is 1. The van der Waals surface area contributed by atoms with Crippen LogP contribution in [0, 0.1) is 73.1 Å². The van der Waals surface area contributed by atoms with Crippen molar-refractivity contribution in [3.63, 3.8) is 0 Å². The van der Waals surface area contributed by atoms with Crippen LogP contribution in [0.3, 0.4) is 0 Å². The zero-order valence-electron chi connectivity index (χ0n) is 76.8. The molecular formula is C107H111Cl5F9N9O2.